The standard InChI is InChI=1S/C10H9BrFNO/c11-8-4-3-7(12)6-9(8)13-5-1-2-10(13)14/h3-4,6H,1-2,5H2. The number of halogens is 2. The molecule has 2 nitrogen and oxygen atoms in total. The van der Waals surface area contributed by atoms with Crippen LogP contribution in [0.4, 0.5) is 10.1 Å². The Morgan fingerprint density at radius 1 is 1.43 bits per heavy atom. The molecule has 1 aliphatic rings. The molecule has 0 atom stereocenters. The molecule has 0 spiro atoms. The molecule has 14 heavy (non-hydrogen) atoms. The Morgan fingerprint density at radius 2 is 2.21 bits per heavy atom. The number of benzene rings is 1. The first-order valence-electron chi connectivity index (χ1n) is 4.44. The summed E-state index contributed by atoms with van der Waals surface area (Å²) in [5.41, 5.74) is 0.632. The van der Waals surface area contributed by atoms with Crippen LogP contribution in [0.25, 0.3) is 0 Å². The molecular formula is C10H9BrFNO. The van der Waals surface area contributed by atoms with Gasteiger partial charge in [-0.2, -0.15) is 0 Å². The second kappa shape index (κ2) is 3.69. The molecule has 0 aliphatic carbocycles. The zero-order valence-corrected chi connectivity index (χ0v) is 9.05. The van der Waals surface area contributed by atoms with Gasteiger partial charge in [-0.3, -0.25) is 4.79 Å². The van der Waals surface area contributed by atoms with E-state index < -0.39 is 0 Å². The van der Waals surface area contributed by atoms with Crippen molar-refractivity contribution in [1.29, 1.82) is 0 Å². The van der Waals surface area contributed by atoms with Crippen molar-refractivity contribution in [2.45, 2.75) is 12.8 Å². The van der Waals surface area contributed by atoms with Crippen LogP contribution >= 0.6 is 15.9 Å². The van der Waals surface area contributed by atoms with Gasteiger partial charge in [-0.15, -0.1) is 0 Å². The molecule has 1 heterocycles. The molecule has 1 aliphatic heterocycles. The van der Waals surface area contributed by atoms with E-state index in [1.807, 2.05) is 0 Å². The molecular weight excluding hydrogens is 249 g/mol. The largest absolute Gasteiger partial charge is 0.311 e. The van der Waals surface area contributed by atoms with Crippen molar-refractivity contribution in [3.63, 3.8) is 0 Å². The monoisotopic (exact) mass is 257 g/mol. The van der Waals surface area contributed by atoms with E-state index in [0.29, 0.717) is 18.7 Å². The minimum Gasteiger partial charge on any atom is -0.311 e. The van der Waals surface area contributed by atoms with Crippen LogP contribution in [-0.2, 0) is 4.79 Å². The Bertz CT molecular complexity index is 380. The highest BCUT2D eigenvalue weighted by atomic mass is 79.9. The van der Waals surface area contributed by atoms with Crippen molar-refractivity contribution >= 4 is 27.5 Å². The quantitative estimate of drug-likeness (QED) is 0.758. The molecule has 2 rings (SSSR count). The summed E-state index contributed by atoms with van der Waals surface area (Å²) in [5.74, 6) is -0.251. The maximum atomic E-state index is 13.0. The molecule has 1 aromatic carbocycles. The van der Waals surface area contributed by atoms with E-state index in [1.54, 1.807) is 11.0 Å². The molecule has 0 N–H and O–H groups in total. The van der Waals surface area contributed by atoms with Crippen LogP contribution in [0.1, 0.15) is 12.8 Å². The summed E-state index contributed by atoms with van der Waals surface area (Å²) in [7, 11) is 0. The van der Waals surface area contributed by atoms with Crippen molar-refractivity contribution in [2.24, 2.45) is 0 Å². The van der Waals surface area contributed by atoms with Crippen LogP contribution in [0, 0.1) is 5.82 Å². The molecule has 1 fully saturated rings. The lowest BCUT2D eigenvalue weighted by Crippen LogP contribution is -2.24. The van der Waals surface area contributed by atoms with Gasteiger partial charge in [-0.25, -0.2) is 4.39 Å². The Kier molecular flexibility index (Phi) is 2.54. The van der Waals surface area contributed by atoms with E-state index in [1.165, 1.54) is 12.1 Å². The van der Waals surface area contributed by atoms with E-state index >= 15 is 0 Å². The van der Waals surface area contributed by atoms with E-state index in [0.717, 1.165) is 10.9 Å². The average Bonchev–Trinajstić information content (AvgIpc) is 2.56. The van der Waals surface area contributed by atoms with Gasteiger partial charge in [0, 0.05) is 17.4 Å². The van der Waals surface area contributed by atoms with Gasteiger partial charge in [-0.05, 0) is 40.5 Å². The topological polar surface area (TPSA) is 20.3 Å². The van der Waals surface area contributed by atoms with Crippen molar-refractivity contribution in [3.05, 3.63) is 28.5 Å². The molecule has 0 radical (unpaired) electrons. The minimum absolute atomic E-state index is 0.0660. The number of nitrogens with zero attached hydrogens (tertiary/aromatic N) is 1. The summed E-state index contributed by atoms with van der Waals surface area (Å²) < 4.78 is 13.7. The molecule has 1 aromatic rings. The van der Waals surface area contributed by atoms with E-state index in [-0.39, 0.29) is 11.7 Å². The first-order valence-corrected chi connectivity index (χ1v) is 5.23. The minimum atomic E-state index is -0.317. The lowest BCUT2D eigenvalue weighted by molar-refractivity contribution is -0.117. The first kappa shape index (κ1) is 9.65. The number of hydrogen-bond donors (Lipinski definition) is 0. The van der Waals surface area contributed by atoms with Crippen LogP contribution in [0.15, 0.2) is 22.7 Å². The number of amides is 1. The molecule has 0 bridgehead atoms. The van der Waals surface area contributed by atoms with Crippen LogP contribution in [-0.4, -0.2) is 12.5 Å². The van der Waals surface area contributed by atoms with Crippen molar-refractivity contribution in [2.75, 3.05) is 11.4 Å². The molecule has 74 valence electrons. The second-order valence-corrected chi connectivity index (χ2v) is 4.10. The lowest BCUT2D eigenvalue weighted by Gasteiger charge is -2.17. The molecule has 4 heteroatoms. The van der Waals surface area contributed by atoms with Gasteiger partial charge >= 0.3 is 0 Å². The van der Waals surface area contributed by atoms with Gasteiger partial charge < -0.3 is 4.90 Å². The number of carbonyl (C=O) groups excluding carboxylic acids is 1. The fourth-order valence-corrected chi connectivity index (χ4v) is 2.06. The average molecular weight is 258 g/mol. The van der Waals surface area contributed by atoms with E-state index in [9.17, 15) is 9.18 Å². The smallest absolute Gasteiger partial charge is 0.227 e. The Labute approximate surface area is 89.8 Å². The SMILES string of the molecule is O=C1CCCN1c1cc(F)ccc1Br. The second-order valence-electron chi connectivity index (χ2n) is 3.24. The Hall–Kier alpha value is -0.900. The highest BCUT2D eigenvalue weighted by Crippen LogP contribution is 2.30. The number of carbonyl (C=O) groups is 1. The van der Waals surface area contributed by atoms with Gasteiger partial charge in [-0.1, -0.05) is 0 Å². The van der Waals surface area contributed by atoms with Gasteiger partial charge in [0.15, 0.2) is 0 Å². The third-order valence-electron chi connectivity index (χ3n) is 2.27. The molecule has 0 saturated carbocycles. The van der Waals surface area contributed by atoms with Crippen molar-refractivity contribution in [1.82, 2.24) is 0 Å². The molecule has 0 unspecified atom stereocenters. The Morgan fingerprint density at radius 3 is 2.86 bits per heavy atom. The van der Waals surface area contributed by atoms with Gasteiger partial charge in [0.25, 0.3) is 0 Å². The Balaban J connectivity index is 2.39. The highest BCUT2D eigenvalue weighted by molar-refractivity contribution is 9.10. The summed E-state index contributed by atoms with van der Waals surface area (Å²) in [6, 6.07) is 4.37. The maximum Gasteiger partial charge on any atom is 0.227 e. The normalized spacial score (nSPS) is 16.4. The maximum absolute atomic E-state index is 13.0. The summed E-state index contributed by atoms with van der Waals surface area (Å²) in [5, 5.41) is 0. The number of anilines is 1. The first-order chi connectivity index (χ1) is 6.68. The molecule has 1 amide bonds. The highest BCUT2D eigenvalue weighted by Gasteiger charge is 2.23. The predicted molar refractivity (Wildman–Crippen MR) is 55.7 cm³/mol. The fourth-order valence-electron chi connectivity index (χ4n) is 1.60. The van der Waals surface area contributed by atoms with Gasteiger partial charge in [0.1, 0.15) is 5.82 Å². The van der Waals surface area contributed by atoms with Crippen molar-refractivity contribution < 1.29 is 9.18 Å². The molecule has 1 saturated heterocycles. The van der Waals surface area contributed by atoms with E-state index in [2.05, 4.69) is 15.9 Å². The van der Waals surface area contributed by atoms with Crippen LogP contribution in [0.3, 0.4) is 0 Å². The predicted octanol–water partition coefficient (Wildman–Crippen LogP) is 2.72. The third kappa shape index (κ3) is 1.66. The summed E-state index contributed by atoms with van der Waals surface area (Å²) in [6.45, 7) is 0.681. The van der Waals surface area contributed by atoms with Gasteiger partial charge in [0.05, 0.1) is 5.69 Å². The van der Waals surface area contributed by atoms with Crippen molar-refractivity contribution in [3.8, 4) is 0 Å². The molecule has 0 aromatic heterocycles. The van der Waals surface area contributed by atoms with E-state index in [4.69, 9.17) is 0 Å². The lowest BCUT2D eigenvalue weighted by atomic mass is 10.3. The van der Waals surface area contributed by atoms with Crippen LogP contribution in [0.2, 0.25) is 0 Å². The van der Waals surface area contributed by atoms with Gasteiger partial charge in [0.2, 0.25) is 5.91 Å². The summed E-state index contributed by atoms with van der Waals surface area (Å²) >= 11 is 3.31. The van der Waals surface area contributed by atoms with Crippen LogP contribution in [0.5, 0.6) is 0 Å². The summed E-state index contributed by atoms with van der Waals surface area (Å²) in [6.07, 6.45) is 1.41. The zero-order valence-electron chi connectivity index (χ0n) is 7.46. The number of rotatable bonds is 1. The third-order valence-corrected chi connectivity index (χ3v) is 2.94. The zero-order chi connectivity index (χ0) is 10.1. The fraction of sp³-hybridized carbons (Fsp3) is 0.300. The number of hydrogen-bond acceptors (Lipinski definition) is 1. The summed E-state index contributed by atoms with van der Waals surface area (Å²) in [4.78, 5) is 13.0. The van der Waals surface area contributed by atoms with Crippen LogP contribution < -0.4 is 4.90 Å².